The Bertz CT molecular complexity index is 1310. The number of hydrogen-bond acceptors (Lipinski definition) is 6. The predicted octanol–water partition coefficient (Wildman–Crippen LogP) is 4.71. The molecule has 1 aliphatic rings. The highest BCUT2D eigenvalue weighted by Gasteiger charge is 2.32. The van der Waals surface area contributed by atoms with Crippen LogP contribution in [0.15, 0.2) is 76.8 Å². The van der Waals surface area contributed by atoms with Gasteiger partial charge in [-0.3, -0.25) is 19.8 Å². The average molecular weight is 462 g/mol. The lowest BCUT2D eigenvalue weighted by atomic mass is 10.2. The Morgan fingerprint density at radius 2 is 1.94 bits per heavy atom. The van der Waals surface area contributed by atoms with Crippen LogP contribution in [-0.4, -0.2) is 43.1 Å². The van der Waals surface area contributed by atoms with Gasteiger partial charge in [-0.25, -0.2) is 9.79 Å². The van der Waals surface area contributed by atoms with E-state index in [0.717, 1.165) is 0 Å². The van der Waals surface area contributed by atoms with E-state index < -0.39 is 10.9 Å². The predicted molar refractivity (Wildman–Crippen MR) is 126 cm³/mol. The summed E-state index contributed by atoms with van der Waals surface area (Å²) in [6, 6.07) is 16.0. The normalized spacial score (nSPS) is 16.0. The van der Waals surface area contributed by atoms with Crippen LogP contribution in [0.5, 0.6) is 0 Å². The topological polar surface area (TPSA) is 118 Å². The van der Waals surface area contributed by atoms with Crippen LogP contribution in [0.2, 0.25) is 0 Å². The van der Waals surface area contributed by atoms with Crippen molar-refractivity contribution in [2.75, 3.05) is 6.54 Å². The zero-order valence-corrected chi connectivity index (χ0v) is 18.2. The summed E-state index contributed by atoms with van der Waals surface area (Å²) in [5, 5.41) is 20.7. The highest BCUT2D eigenvalue weighted by atomic mass is 32.2. The quantitative estimate of drug-likeness (QED) is 0.322. The Balaban J connectivity index is 1.66. The van der Waals surface area contributed by atoms with Crippen molar-refractivity contribution in [1.29, 1.82) is 0 Å². The molecule has 1 saturated heterocycles. The number of carbonyl (C=O) groups excluding carboxylic acids is 1. The van der Waals surface area contributed by atoms with Gasteiger partial charge in [0.15, 0.2) is 5.17 Å². The minimum atomic E-state index is -1.02. The summed E-state index contributed by atoms with van der Waals surface area (Å²) in [7, 11) is 0. The first kappa shape index (κ1) is 22.0. The number of nitro benzene ring substituents is 1. The third-order valence-electron chi connectivity index (χ3n) is 4.92. The second-order valence-electron chi connectivity index (χ2n) is 6.99. The molecule has 1 amide bonds. The average Bonchev–Trinajstić information content (AvgIpc) is 3.38. The van der Waals surface area contributed by atoms with E-state index in [-0.39, 0.29) is 17.2 Å². The maximum atomic E-state index is 13.0. The van der Waals surface area contributed by atoms with Crippen molar-refractivity contribution >= 4 is 46.3 Å². The number of non-ortho nitro benzene ring substituents is 1. The van der Waals surface area contributed by atoms with Crippen LogP contribution < -0.4 is 0 Å². The minimum Gasteiger partial charge on any atom is -0.478 e. The number of nitrogens with zero attached hydrogens (tertiary/aromatic N) is 4. The van der Waals surface area contributed by atoms with Gasteiger partial charge in [-0.1, -0.05) is 6.07 Å². The van der Waals surface area contributed by atoms with Gasteiger partial charge in [-0.2, -0.15) is 0 Å². The van der Waals surface area contributed by atoms with Crippen LogP contribution in [0, 0.1) is 10.1 Å². The summed E-state index contributed by atoms with van der Waals surface area (Å²) in [6.45, 7) is 2.26. The number of aromatic nitrogens is 1. The Morgan fingerprint density at radius 1 is 1.18 bits per heavy atom. The number of aromatic carboxylic acids is 1. The third-order valence-corrected chi connectivity index (χ3v) is 5.93. The van der Waals surface area contributed by atoms with Gasteiger partial charge in [0.2, 0.25) is 0 Å². The molecular weight excluding hydrogens is 444 g/mol. The Hall–Kier alpha value is -4.18. The lowest BCUT2D eigenvalue weighted by Crippen LogP contribution is -2.28. The van der Waals surface area contributed by atoms with E-state index in [2.05, 4.69) is 4.99 Å². The largest absolute Gasteiger partial charge is 0.478 e. The lowest BCUT2D eigenvalue weighted by molar-refractivity contribution is -0.384. The molecular formula is C23H18N4O5S. The van der Waals surface area contributed by atoms with E-state index in [1.54, 1.807) is 52.1 Å². The molecule has 0 spiro atoms. The molecule has 10 heteroatoms. The number of amidine groups is 1. The summed E-state index contributed by atoms with van der Waals surface area (Å²) in [5.74, 6) is -1.22. The number of carbonyl (C=O) groups is 2. The number of nitro groups is 1. The number of carboxylic acid groups (broad SMARTS) is 1. The van der Waals surface area contributed by atoms with Gasteiger partial charge < -0.3 is 9.67 Å². The SMILES string of the molecule is CCN1C(=O)/C(=C\c2cccn2-c2cccc([N+](=O)[O-])c2)SC1=Nc1ccc(C(=O)O)cc1. The van der Waals surface area contributed by atoms with E-state index in [0.29, 0.717) is 33.7 Å². The molecule has 9 nitrogen and oxygen atoms in total. The smallest absolute Gasteiger partial charge is 0.335 e. The van der Waals surface area contributed by atoms with Gasteiger partial charge in [0.1, 0.15) is 0 Å². The van der Waals surface area contributed by atoms with Crippen molar-refractivity contribution in [3.63, 3.8) is 0 Å². The molecule has 166 valence electrons. The lowest BCUT2D eigenvalue weighted by Gasteiger charge is -2.12. The summed E-state index contributed by atoms with van der Waals surface area (Å²) in [4.78, 5) is 41.2. The van der Waals surface area contributed by atoms with E-state index in [4.69, 9.17) is 5.11 Å². The molecule has 2 aromatic carbocycles. The molecule has 1 aliphatic heterocycles. The first-order valence-corrected chi connectivity index (χ1v) is 10.7. The highest BCUT2D eigenvalue weighted by Crippen LogP contribution is 2.34. The first-order chi connectivity index (χ1) is 15.9. The number of aliphatic imine (C=N–C) groups is 1. The molecule has 1 N–H and O–H groups in total. The number of hydrogen-bond donors (Lipinski definition) is 1. The van der Waals surface area contributed by atoms with Crippen molar-refractivity contribution in [1.82, 2.24) is 9.47 Å². The number of benzene rings is 2. The number of rotatable bonds is 6. The monoisotopic (exact) mass is 462 g/mol. The molecule has 4 rings (SSSR count). The molecule has 1 fully saturated rings. The number of carboxylic acids is 1. The molecule has 0 unspecified atom stereocenters. The van der Waals surface area contributed by atoms with Gasteiger partial charge in [0, 0.05) is 30.6 Å². The van der Waals surface area contributed by atoms with Gasteiger partial charge >= 0.3 is 5.97 Å². The van der Waals surface area contributed by atoms with Gasteiger partial charge in [0.05, 0.1) is 26.8 Å². The van der Waals surface area contributed by atoms with Gasteiger partial charge in [-0.05, 0) is 67.2 Å². The summed E-state index contributed by atoms with van der Waals surface area (Å²) < 4.78 is 1.77. The van der Waals surface area contributed by atoms with Gasteiger partial charge in [0.25, 0.3) is 11.6 Å². The number of thioether (sulfide) groups is 1. The highest BCUT2D eigenvalue weighted by molar-refractivity contribution is 8.18. The standard InChI is InChI=1S/C23H18N4O5S/c1-2-25-21(28)20(33-23(25)24-16-10-8-15(9-11-16)22(29)30)14-18-7-4-12-26(18)17-5-3-6-19(13-17)27(31)32/h3-14H,2H2,1H3,(H,29,30)/b20-14+,24-23?. The van der Waals surface area contributed by atoms with Crippen LogP contribution in [0.1, 0.15) is 23.0 Å². The maximum Gasteiger partial charge on any atom is 0.335 e. The fraction of sp³-hybridized carbons (Fsp3) is 0.0870. The van der Waals surface area contributed by atoms with Crippen LogP contribution >= 0.6 is 11.8 Å². The number of amides is 1. The molecule has 0 atom stereocenters. The summed E-state index contributed by atoms with van der Waals surface area (Å²) in [6.07, 6.45) is 3.50. The van der Waals surface area contributed by atoms with Crippen LogP contribution in [0.25, 0.3) is 11.8 Å². The molecule has 2 heterocycles. The summed E-state index contributed by atoms with van der Waals surface area (Å²) in [5.41, 5.74) is 1.97. The summed E-state index contributed by atoms with van der Waals surface area (Å²) >= 11 is 1.22. The zero-order chi connectivity index (χ0) is 23.5. The molecule has 3 aromatic rings. The minimum absolute atomic E-state index is 0.0217. The van der Waals surface area contributed by atoms with Crippen molar-refractivity contribution in [2.45, 2.75) is 6.92 Å². The van der Waals surface area contributed by atoms with Crippen molar-refractivity contribution in [3.8, 4) is 5.69 Å². The van der Waals surface area contributed by atoms with Crippen molar-refractivity contribution in [2.24, 2.45) is 4.99 Å². The van der Waals surface area contributed by atoms with Crippen molar-refractivity contribution < 1.29 is 19.6 Å². The molecule has 0 aliphatic carbocycles. The van der Waals surface area contributed by atoms with E-state index in [9.17, 15) is 19.7 Å². The Kier molecular flexibility index (Phi) is 6.09. The Morgan fingerprint density at radius 3 is 2.61 bits per heavy atom. The first-order valence-electron chi connectivity index (χ1n) is 9.93. The fourth-order valence-corrected chi connectivity index (χ4v) is 4.34. The second kappa shape index (κ2) is 9.13. The molecule has 1 aromatic heterocycles. The fourth-order valence-electron chi connectivity index (χ4n) is 3.30. The maximum absolute atomic E-state index is 13.0. The zero-order valence-electron chi connectivity index (χ0n) is 17.4. The molecule has 0 radical (unpaired) electrons. The molecule has 33 heavy (non-hydrogen) atoms. The van der Waals surface area contributed by atoms with Crippen molar-refractivity contribution in [3.05, 3.63) is 93.1 Å². The van der Waals surface area contributed by atoms with E-state index in [1.807, 2.05) is 13.0 Å². The third kappa shape index (κ3) is 4.55. The number of likely N-dealkylation sites (N-methyl/N-ethyl adjacent to an activating group) is 1. The molecule has 0 bridgehead atoms. The Labute approximate surface area is 192 Å². The van der Waals surface area contributed by atoms with Crippen LogP contribution in [0.4, 0.5) is 11.4 Å². The molecule has 0 saturated carbocycles. The van der Waals surface area contributed by atoms with Gasteiger partial charge in [-0.15, -0.1) is 0 Å². The van der Waals surface area contributed by atoms with Crippen LogP contribution in [-0.2, 0) is 4.79 Å². The van der Waals surface area contributed by atoms with Crippen LogP contribution in [0.3, 0.4) is 0 Å². The van der Waals surface area contributed by atoms with E-state index >= 15 is 0 Å². The van der Waals surface area contributed by atoms with E-state index in [1.165, 1.54) is 36.0 Å². The second-order valence-corrected chi connectivity index (χ2v) is 8.00.